The average molecular weight is 307 g/mol. The van der Waals surface area contributed by atoms with Gasteiger partial charge in [-0.15, -0.1) is 22.6 Å². The standard InChI is InChI=1S/C12H22N4OS.ClH/c1-4-9(5-2)11-15-16-12(18-11)14-10(17)7-6-8(3)13;/h8-9H,4-7,13H2,1-3H3,(H,14,16,17);1H. The molecule has 0 saturated heterocycles. The van der Waals surface area contributed by atoms with Crippen molar-refractivity contribution in [2.75, 3.05) is 5.32 Å². The third-order valence-electron chi connectivity index (χ3n) is 2.85. The van der Waals surface area contributed by atoms with Crippen LogP contribution in [0.5, 0.6) is 0 Å². The Hall–Kier alpha value is -0.720. The third-order valence-corrected chi connectivity index (χ3v) is 3.85. The Balaban J connectivity index is 0.00000324. The largest absolute Gasteiger partial charge is 0.328 e. The van der Waals surface area contributed by atoms with E-state index >= 15 is 0 Å². The highest BCUT2D eigenvalue weighted by Gasteiger charge is 2.14. The molecular weight excluding hydrogens is 284 g/mol. The van der Waals surface area contributed by atoms with Crippen molar-refractivity contribution in [1.29, 1.82) is 0 Å². The van der Waals surface area contributed by atoms with Crippen molar-refractivity contribution in [3.63, 3.8) is 0 Å². The number of rotatable bonds is 7. The smallest absolute Gasteiger partial charge is 0.226 e. The van der Waals surface area contributed by atoms with Gasteiger partial charge in [-0.3, -0.25) is 4.79 Å². The van der Waals surface area contributed by atoms with E-state index in [0.29, 0.717) is 23.9 Å². The molecule has 7 heteroatoms. The summed E-state index contributed by atoms with van der Waals surface area (Å²) in [5.74, 6) is 0.400. The van der Waals surface area contributed by atoms with Crippen LogP contribution in [0.2, 0.25) is 0 Å². The van der Waals surface area contributed by atoms with E-state index in [9.17, 15) is 4.79 Å². The topological polar surface area (TPSA) is 80.9 Å². The van der Waals surface area contributed by atoms with Gasteiger partial charge in [-0.2, -0.15) is 0 Å². The molecule has 1 atom stereocenters. The highest BCUT2D eigenvalue weighted by molar-refractivity contribution is 7.15. The van der Waals surface area contributed by atoms with E-state index in [2.05, 4.69) is 29.4 Å². The van der Waals surface area contributed by atoms with E-state index < -0.39 is 0 Å². The molecule has 1 aromatic rings. The summed E-state index contributed by atoms with van der Waals surface area (Å²) in [5, 5.41) is 12.5. The van der Waals surface area contributed by atoms with Crippen LogP contribution in [0.15, 0.2) is 0 Å². The van der Waals surface area contributed by atoms with Crippen LogP contribution < -0.4 is 11.1 Å². The summed E-state index contributed by atoms with van der Waals surface area (Å²) in [4.78, 5) is 11.6. The van der Waals surface area contributed by atoms with E-state index in [1.54, 1.807) is 0 Å². The molecule has 1 rings (SSSR count). The van der Waals surface area contributed by atoms with Crippen molar-refractivity contribution in [3.05, 3.63) is 5.01 Å². The molecule has 5 nitrogen and oxygen atoms in total. The number of amides is 1. The van der Waals surface area contributed by atoms with Crippen LogP contribution in [-0.2, 0) is 4.79 Å². The predicted molar refractivity (Wildman–Crippen MR) is 82.0 cm³/mol. The molecule has 0 spiro atoms. The van der Waals surface area contributed by atoms with Crippen molar-refractivity contribution in [3.8, 4) is 0 Å². The fourth-order valence-electron chi connectivity index (χ4n) is 1.63. The fraction of sp³-hybridized carbons (Fsp3) is 0.750. The van der Waals surface area contributed by atoms with Crippen LogP contribution in [0.4, 0.5) is 5.13 Å². The van der Waals surface area contributed by atoms with Crippen molar-refractivity contribution >= 4 is 34.8 Å². The van der Waals surface area contributed by atoms with Gasteiger partial charge in [0.05, 0.1) is 0 Å². The van der Waals surface area contributed by atoms with Gasteiger partial charge < -0.3 is 11.1 Å². The lowest BCUT2D eigenvalue weighted by Crippen LogP contribution is -2.19. The second-order valence-electron chi connectivity index (χ2n) is 4.52. The number of nitrogens with zero attached hydrogens (tertiary/aromatic N) is 2. The summed E-state index contributed by atoms with van der Waals surface area (Å²) < 4.78 is 0. The molecule has 0 aliphatic carbocycles. The number of aromatic nitrogens is 2. The molecule has 1 heterocycles. The monoisotopic (exact) mass is 306 g/mol. The number of hydrogen-bond donors (Lipinski definition) is 2. The summed E-state index contributed by atoms with van der Waals surface area (Å²) in [5.41, 5.74) is 5.61. The first-order valence-electron chi connectivity index (χ1n) is 6.45. The normalized spacial score (nSPS) is 12.1. The molecule has 0 aliphatic heterocycles. The molecule has 0 saturated carbocycles. The van der Waals surface area contributed by atoms with Crippen LogP contribution in [0.25, 0.3) is 0 Å². The van der Waals surface area contributed by atoms with Crippen LogP contribution in [-0.4, -0.2) is 22.1 Å². The summed E-state index contributed by atoms with van der Waals surface area (Å²) >= 11 is 1.47. The van der Waals surface area contributed by atoms with E-state index in [0.717, 1.165) is 17.8 Å². The molecule has 0 bridgehead atoms. The lowest BCUT2D eigenvalue weighted by Gasteiger charge is -2.06. The van der Waals surface area contributed by atoms with Gasteiger partial charge in [-0.05, 0) is 26.2 Å². The maximum Gasteiger partial charge on any atom is 0.226 e. The summed E-state index contributed by atoms with van der Waals surface area (Å²) in [6.45, 7) is 6.16. The summed E-state index contributed by atoms with van der Waals surface area (Å²) in [6.07, 6.45) is 3.20. The zero-order valence-electron chi connectivity index (χ0n) is 11.7. The average Bonchev–Trinajstić information content (AvgIpc) is 2.76. The number of carbonyl (C=O) groups excluding carboxylic acids is 1. The summed E-state index contributed by atoms with van der Waals surface area (Å²) in [6, 6.07) is 0.0466. The third kappa shape index (κ3) is 6.31. The molecule has 3 N–H and O–H groups in total. The molecule has 110 valence electrons. The molecule has 0 aliphatic rings. The van der Waals surface area contributed by atoms with Crippen LogP contribution >= 0.6 is 23.7 Å². The zero-order chi connectivity index (χ0) is 13.5. The number of nitrogens with two attached hydrogens (primary N) is 1. The molecule has 0 aromatic carbocycles. The van der Waals surface area contributed by atoms with E-state index in [1.807, 2.05) is 6.92 Å². The summed E-state index contributed by atoms with van der Waals surface area (Å²) in [7, 11) is 0. The van der Waals surface area contributed by atoms with Gasteiger partial charge in [-0.25, -0.2) is 0 Å². The number of nitrogens with one attached hydrogen (secondary N) is 1. The molecule has 0 radical (unpaired) electrons. The fourth-order valence-corrected chi connectivity index (χ4v) is 2.65. The second kappa shape index (κ2) is 9.23. The van der Waals surface area contributed by atoms with Gasteiger partial charge in [-0.1, -0.05) is 25.2 Å². The van der Waals surface area contributed by atoms with E-state index in [1.165, 1.54) is 11.3 Å². The quantitative estimate of drug-likeness (QED) is 0.811. The van der Waals surface area contributed by atoms with Crippen molar-refractivity contribution < 1.29 is 4.79 Å². The van der Waals surface area contributed by atoms with Gasteiger partial charge in [0.1, 0.15) is 5.01 Å². The maximum atomic E-state index is 11.6. The first kappa shape index (κ1) is 18.3. The number of anilines is 1. The van der Waals surface area contributed by atoms with Crippen molar-refractivity contribution in [1.82, 2.24) is 10.2 Å². The predicted octanol–water partition coefficient (Wildman–Crippen LogP) is 2.93. The maximum absolute atomic E-state index is 11.6. The Morgan fingerprint density at radius 1 is 1.37 bits per heavy atom. The number of hydrogen-bond acceptors (Lipinski definition) is 5. The van der Waals surface area contributed by atoms with Crippen LogP contribution in [0.1, 0.15) is 57.4 Å². The van der Waals surface area contributed by atoms with Crippen molar-refractivity contribution in [2.45, 2.75) is 58.4 Å². The number of carbonyl (C=O) groups is 1. The van der Waals surface area contributed by atoms with Gasteiger partial charge in [0, 0.05) is 18.4 Å². The van der Waals surface area contributed by atoms with Crippen LogP contribution in [0.3, 0.4) is 0 Å². The van der Waals surface area contributed by atoms with Crippen LogP contribution in [0, 0.1) is 0 Å². The Labute approximate surface area is 124 Å². The molecule has 1 aromatic heterocycles. The Morgan fingerprint density at radius 3 is 2.53 bits per heavy atom. The SMILES string of the molecule is CCC(CC)c1nnc(NC(=O)CCC(C)N)s1.Cl. The zero-order valence-corrected chi connectivity index (χ0v) is 13.3. The minimum atomic E-state index is -0.0421. The van der Waals surface area contributed by atoms with E-state index in [4.69, 9.17) is 5.73 Å². The van der Waals surface area contributed by atoms with Gasteiger partial charge in [0.2, 0.25) is 11.0 Å². The van der Waals surface area contributed by atoms with Crippen molar-refractivity contribution in [2.24, 2.45) is 5.73 Å². The Bertz CT molecular complexity index is 380. The molecule has 1 amide bonds. The highest BCUT2D eigenvalue weighted by atomic mass is 35.5. The van der Waals surface area contributed by atoms with Gasteiger partial charge in [0.25, 0.3) is 0 Å². The molecule has 19 heavy (non-hydrogen) atoms. The number of halogens is 1. The molecule has 1 unspecified atom stereocenters. The molecule has 0 fully saturated rings. The molecular formula is C12H23ClN4OS. The van der Waals surface area contributed by atoms with E-state index in [-0.39, 0.29) is 24.4 Å². The first-order valence-corrected chi connectivity index (χ1v) is 7.27. The minimum absolute atomic E-state index is 0. The first-order chi connectivity index (χ1) is 8.56. The minimum Gasteiger partial charge on any atom is -0.328 e. The second-order valence-corrected chi connectivity index (χ2v) is 5.53. The Morgan fingerprint density at radius 2 is 2.00 bits per heavy atom. The highest BCUT2D eigenvalue weighted by Crippen LogP contribution is 2.28. The Kier molecular flexibility index (Phi) is 8.88. The van der Waals surface area contributed by atoms with Gasteiger partial charge in [0.15, 0.2) is 0 Å². The van der Waals surface area contributed by atoms with Gasteiger partial charge >= 0.3 is 0 Å². The lowest BCUT2D eigenvalue weighted by molar-refractivity contribution is -0.116. The lowest BCUT2D eigenvalue weighted by atomic mass is 10.1.